The molecular weight excluding hydrogens is 406 g/mol. The first-order chi connectivity index (χ1) is 14.3. The van der Waals surface area contributed by atoms with Crippen LogP contribution in [0.25, 0.3) is 6.08 Å². The number of rotatable bonds is 5. The van der Waals surface area contributed by atoms with Gasteiger partial charge in [-0.05, 0) is 55.4 Å². The summed E-state index contributed by atoms with van der Waals surface area (Å²) in [6.45, 7) is 3.66. The van der Waals surface area contributed by atoms with Crippen LogP contribution < -0.4 is 0 Å². The van der Waals surface area contributed by atoms with Crippen LogP contribution in [0.15, 0.2) is 52.4 Å². The number of thioether (sulfide) groups is 1. The topological polar surface area (TPSA) is 102 Å². The van der Waals surface area contributed by atoms with Gasteiger partial charge in [0, 0.05) is 18.7 Å². The molecule has 9 heteroatoms. The van der Waals surface area contributed by atoms with E-state index in [-0.39, 0.29) is 18.2 Å². The van der Waals surface area contributed by atoms with E-state index in [4.69, 9.17) is 4.74 Å². The Morgan fingerprint density at radius 3 is 2.77 bits per heavy atom. The smallest absolute Gasteiger partial charge is 0.338 e. The minimum Gasteiger partial charge on any atom is -0.462 e. The molecule has 1 aliphatic heterocycles. The van der Waals surface area contributed by atoms with Crippen LogP contribution in [-0.2, 0) is 9.53 Å². The fourth-order valence-corrected chi connectivity index (χ4v) is 3.73. The molecule has 154 valence electrons. The van der Waals surface area contributed by atoms with Gasteiger partial charge in [-0.15, -0.1) is 0 Å². The maximum Gasteiger partial charge on any atom is 0.338 e. The normalized spacial score (nSPS) is 16.4. The summed E-state index contributed by atoms with van der Waals surface area (Å²) in [4.78, 5) is 41.5. The standard InChI is InChI=1S/C21H19N3O5S/c1-4-29-20(26)15-6-5-7-16(12-15)22-21-23(3)19(25)18(30-21)11-14-9-8-13(2)17(10-14)24(27)28/h5-12H,4H2,1-3H3. The quantitative estimate of drug-likeness (QED) is 0.306. The highest BCUT2D eigenvalue weighted by molar-refractivity contribution is 8.18. The molecule has 1 fully saturated rings. The highest BCUT2D eigenvalue weighted by atomic mass is 32.2. The first kappa shape index (κ1) is 21.3. The molecule has 1 saturated heterocycles. The molecule has 1 amide bonds. The molecule has 1 heterocycles. The Hall–Kier alpha value is -3.46. The van der Waals surface area contributed by atoms with Crippen molar-refractivity contribution < 1.29 is 19.2 Å². The Morgan fingerprint density at radius 1 is 1.30 bits per heavy atom. The number of hydrogen-bond acceptors (Lipinski definition) is 7. The van der Waals surface area contributed by atoms with E-state index in [9.17, 15) is 19.7 Å². The molecule has 0 saturated carbocycles. The van der Waals surface area contributed by atoms with Crippen molar-refractivity contribution in [3.63, 3.8) is 0 Å². The Morgan fingerprint density at radius 2 is 2.07 bits per heavy atom. The third-order valence-electron chi connectivity index (χ3n) is 4.31. The predicted octanol–water partition coefficient (Wildman–Crippen LogP) is 4.31. The molecule has 0 aromatic heterocycles. The number of amides is 1. The summed E-state index contributed by atoms with van der Waals surface area (Å²) in [5, 5.41) is 11.6. The number of nitro benzene ring substituents is 1. The molecule has 0 unspecified atom stereocenters. The number of esters is 1. The summed E-state index contributed by atoms with van der Waals surface area (Å²) in [5.74, 6) is -0.701. The van der Waals surface area contributed by atoms with Crippen LogP contribution in [0.5, 0.6) is 0 Å². The molecule has 0 radical (unpaired) electrons. The molecule has 3 rings (SSSR count). The lowest BCUT2D eigenvalue weighted by Crippen LogP contribution is -2.23. The van der Waals surface area contributed by atoms with Gasteiger partial charge in [0.2, 0.25) is 0 Å². The van der Waals surface area contributed by atoms with E-state index in [0.717, 1.165) is 11.8 Å². The van der Waals surface area contributed by atoms with E-state index in [2.05, 4.69) is 4.99 Å². The van der Waals surface area contributed by atoms with E-state index in [0.29, 0.717) is 32.5 Å². The summed E-state index contributed by atoms with van der Waals surface area (Å²) < 4.78 is 5.00. The highest BCUT2D eigenvalue weighted by Crippen LogP contribution is 2.34. The Kier molecular flexibility index (Phi) is 6.31. The number of hydrogen-bond donors (Lipinski definition) is 0. The van der Waals surface area contributed by atoms with Crippen molar-refractivity contribution in [1.82, 2.24) is 4.90 Å². The fraction of sp³-hybridized carbons (Fsp3) is 0.190. The van der Waals surface area contributed by atoms with Crippen molar-refractivity contribution in [3.05, 3.63) is 74.2 Å². The van der Waals surface area contributed by atoms with Crippen LogP contribution >= 0.6 is 11.8 Å². The molecular formula is C21H19N3O5S. The highest BCUT2D eigenvalue weighted by Gasteiger charge is 2.30. The van der Waals surface area contributed by atoms with Gasteiger partial charge in [-0.2, -0.15) is 0 Å². The van der Waals surface area contributed by atoms with Crippen molar-refractivity contribution in [2.24, 2.45) is 4.99 Å². The Labute approximate surface area is 177 Å². The molecule has 2 aromatic rings. The number of amidine groups is 1. The number of aliphatic imine (C=N–C) groups is 1. The number of ether oxygens (including phenoxy) is 1. The molecule has 0 atom stereocenters. The van der Waals surface area contributed by atoms with Crippen LogP contribution in [0.1, 0.15) is 28.4 Å². The van der Waals surface area contributed by atoms with E-state index in [1.165, 1.54) is 11.0 Å². The van der Waals surface area contributed by atoms with Crippen molar-refractivity contribution in [3.8, 4) is 0 Å². The first-order valence-corrected chi connectivity index (χ1v) is 9.90. The van der Waals surface area contributed by atoms with Gasteiger partial charge >= 0.3 is 5.97 Å². The van der Waals surface area contributed by atoms with E-state index in [1.54, 1.807) is 63.4 Å². The second-order valence-electron chi connectivity index (χ2n) is 6.44. The first-order valence-electron chi connectivity index (χ1n) is 9.08. The van der Waals surface area contributed by atoms with Crippen LogP contribution in [0.4, 0.5) is 11.4 Å². The van der Waals surface area contributed by atoms with Gasteiger partial charge in [0.1, 0.15) is 0 Å². The average Bonchev–Trinajstić information content (AvgIpc) is 2.97. The monoisotopic (exact) mass is 425 g/mol. The molecule has 30 heavy (non-hydrogen) atoms. The molecule has 2 aromatic carbocycles. The summed E-state index contributed by atoms with van der Waals surface area (Å²) in [6.07, 6.45) is 1.60. The molecule has 0 aliphatic carbocycles. The van der Waals surface area contributed by atoms with Gasteiger partial charge in [-0.3, -0.25) is 19.8 Å². The van der Waals surface area contributed by atoms with Crippen LogP contribution in [0.2, 0.25) is 0 Å². The number of carbonyl (C=O) groups excluding carboxylic acids is 2. The van der Waals surface area contributed by atoms with Gasteiger partial charge in [0.05, 0.1) is 27.7 Å². The zero-order valence-electron chi connectivity index (χ0n) is 16.6. The van der Waals surface area contributed by atoms with E-state index < -0.39 is 10.9 Å². The van der Waals surface area contributed by atoms with Crippen molar-refractivity contribution in [1.29, 1.82) is 0 Å². The van der Waals surface area contributed by atoms with Gasteiger partial charge < -0.3 is 4.74 Å². The van der Waals surface area contributed by atoms with Crippen molar-refractivity contribution in [2.75, 3.05) is 13.7 Å². The second kappa shape index (κ2) is 8.91. The van der Waals surface area contributed by atoms with Crippen molar-refractivity contribution in [2.45, 2.75) is 13.8 Å². The van der Waals surface area contributed by atoms with Crippen LogP contribution in [0.3, 0.4) is 0 Å². The maximum atomic E-state index is 12.6. The lowest BCUT2D eigenvalue weighted by Gasteiger charge is -2.07. The lowest BCUT2D eigenvalue weighted by molar-refractivity contribution is -0.385. The summed E-state index contributed by atoms with van der Waals surface area (Å²) >= 11 is 1.16. The third-order valence-corrected chi connectivity index (χ3v) is 5.37. The van der Waals surface area contributed by atoms with Gasteiger partial charge in [0.25, 0.3) is 11.6 Å². The minimum absolute atomic E-state index is 0.00202. The van der Waals surface area contributed by atoms with E-state index >= 15 is 0 Å². The fourth-order valence-electron chi connectivity index (χ4n) is 2.74. The second-order valence-corrected chi connectivity index (χ2v) is 7.45. The zero-order valence-corrected chi connectivity index (χ0v) is 17.4. The van der Waals surface area contributed by atoms with Crippen molar-refractivity contribution >= 4 is 46.3 Å². The minimum atomic E-state index is -0.448. The van der Waals surface area contributed by atoms with Gasteiger partial charge in [0.15, 0.2) is 5.17 Å². The van der Waals surface area contributed by atoms with Gasteiger partial charge in [-0.1, -0.05) is 18.2 Å². The van der Waals surface area contributed by atoms with Crippen LogP contribution in [0, 0.1) is 17.0 Å². The third kappa shape index (κ3) is 4.57. The van der Waals surface area contributed by atoms with E-state index in [1.807, 2.05) is 0 Å². The summed E-state index contributed by atoms with van der Waals surface area (Å²) in [7, 11) is 1.60. The number of nitro groups is 1. The number of benzene rings is 2. The molecule has 0 N–H and O–H groups in total. The Balaban J connectivity index is 1.89. The SMILES string of the molecule is CCOC(=O)c1cccc(N=C2SC(=Cc3ccc(C)c([N+](=O)[O-])c3)C(=O)N2C)c1. The lowest BCUT2D eigenvalue weighted by atomic mass is 10.1. The molecule has 1 aliphatic rings. The van der Waals surface area contributed by atoms with Gasteiger partial charge in [-0.25, -0.2) is 9.79 Å². The number of carbonyl (C=O) groups is 2. The molecule has 0 bridgehead atoms. The van der Waals surface area contributed by atoms with Crippen LogP contribution in [-0.4, -0.2) is 40.5 Å². The number of aryl methyl sites for hydroxylation is 1. The average molecular weight is 425 g/mol. The molecule has 8 nitrogen and oxygen atoms in total. The largest absolute Gasteiger partial charge is 0.462 e. The Bertz CT molecular complexity index is 1090. The number of nitrogens with zero attached hydrogens (tertiary/aromatic N) is 3. The predicted molar refractivity (Wildman–Crippen MR) is 116 cm³/mol. The summed E-state index contributed by atoms with van der Waals surface area (Å²) in [5.41, 5.74) is 1.99. The zero-order chi connectivity index (χ0) is 21.8. The maximum absolute atomic E-state index is 12.6. The molecule has 0 spiro atoms. The summed E-state index contributed by atoms with van der Waals surface area (Å²) in [6, 6.07) is 11.4. The number of likely N-dealkylation sites (N-methyl/N-ethyl adjacent to an activating group) is 1.